The quantitative estimate of drug-likeness (QED) is 0.828. The number of aliphatic carboxylic acids is 1. The Kier molecular flexibility index (Phi) is 7.67. The molecule has 4 heteroatoms. The number of unbranched alkanes of at least 4 members (excludes halogenated alkanes) is 1. The fourth-order valence-corrected chi connectivity index (χ4v) is 0.958. The molecule has 0 aromatic heterocycles. The lowest BCUT2D eigenvalue weighted by Crippen LogP contribution is -1.91. The monoisotopic (exact) mass is 226 g/mol. The summed E-state index contributed by atoms with van der Waals surface area (Å²) in [5.74, 6) is -0.000602. The predicted molar refractivity (Wildman–Crippen MR) is 61.8 cm³/mol. The summed E-state index contributed by atoms with van der Waals surface area (Å²) in [5.41, 5.74) is 0. The van der Waals surface area contributed by atoms with Crippen molar-refractivity contribution in [1.29, 1.82) is 0 Å². The number of carboxylic acids is 1. The SMILES string of the molecule is CCCCC(=O)O.COc1ccccc1O. The van der Waals surface area contributed by atoms with Crippen molar-refractivity contribution in [1.82, 2.24) is 0 Å². The molecule has 1 aromatic rings. The summed E-state index contributed by atoms with van der Waals surface area (Å²) in [5, 5.41) is 17.0. The number of hydrogen-bond acceptors (Lipinski definition) is 3. The molecule has 0 amide bonds. The van der Waals surface area contributed by atoms with Gasteiger partial charge in [-0.25, -0.2) is 0 Å². The van der Waals surface area contributed by atoms with Crippen molar-refractivity contribution in [3.63, 3.8) is 0 Å². The smallest absolute Gasteiger partial charge is 0.303 e. The maximum absolute atomic E-state index is 9.76. The fourth-order valence-electron chi connectivity index (χ4n) is 0.958. The Bertz CT molecular complexity index is 310. The van der Waals surface area contributed by atoms with Crippen LogP contribution in [0.1, 0.15) is 26.2 Å². The molecule has 0 saturated heterocycles. The van der Waals surface area contributed by atoms with E-state index in [4.69, 9.17) is 14.9 Å². The first kappa shape index (κ1) is 14.3. The number of hydrogen-bond donors (Lipinski definition) is 2. The van der Waals surface area contributed by atoms with Crippen molar-refractivity contribution >= 4 is 5.97 Å². The van der Waals surface area contributed by atoms with Gasteiger partial charge in [0.25, 0.3) is 0 Å². The molecule has 0 radical (unpaired) electrons. The molecule has 0 bridgehead atoms. The van der Waals surface area contributed by atoms with Crippen molar-refractivity contribution in [3.05, 3.63) is 24.3 Å². The molecule has 0 unspecified atom stereocenters. The van der Waals surface area contributed by atoms with Gasteiger partial charge in [-0.15, -0.1) is 0 Å². The van der Waals surface area contributed by atoms with Gasteiger partial charge in [0.05, 0.1) is 7.11 Å². The zero-order valence-corrected chi connectivity index (χ0v) is 9.64. The standard InChI is InChI=1S/C7H8O2.C5H10O2/c1-9-7-5-3-2-4-6(7)8;1-2-3-4-5(6)7/h2-5,8H,1H3;2-4H2,1H3,(H,6,7). The lowest BCUT2D eigenvalue weighted by atomic mass is 10.3. The number of phenolic OH excluding ortho intramolecular Hbond substituents is 1. The topological polar surface area (TPSA) is 66.8 Å². The second-order valence-corrected chi connectivity index (χ2v) is 3.17. The van der Waals surface area contributed by atoms with Crippen molar-refractivity contribution in [2.24, 2.45) is 0 Å². The average molecular weight is 226 g/mol. The number of carboxylic acid groups (broad SMARTS) is 1. The minimum Gasteiger partial charge on any atom is -0.504 e. The van der Waals surface area contributed by atoms with Gasteiger partial charge in [0.15, 0.2) is 11.5 Å². The van der Waals surface area contributed by atoms with Crippen LogP contribution in [0.4, 0.5) is 0 Å². The van der Waals surface area contributed by atoms with E-state index in [1.54, 1.807) is 24.3 Å². The predicted octanol–water partition coefficient (Wildman–Crippen LogP) is 2.66. The summed E-state index contributed by atoms with van der Waals surface area (Å²) in [6, 6.07) is 6.84. The summed E-state index contributed by atoms with van der Waals surface area (Å²) in [4.78, 5) is 9.76. The molecule has 0 heterocycles. The number of methoxy groups -OCH3 is 1. The summed E-state index contributed by atoms with van der Waals surface area (Å²) in [6.07, 6.45) is 2.08. The van der Waals surface area contributed by atoms with E-state index in [1.165, 1.54) is 7.11 Å². The summed E-state index contributed by atoms with van der Waals surface area (Å²) >= 11 is 0. The minimum absolute atomic E-state index is 0.181. The van der Waals surface area contributed by atoms with Gasteiger partial charge in [0, 0.05) is 6.42 Å². The molecule has 0 aliphatic heterocycles. The van der Waals surface area contributed by atoms with Gasteiger partial charge in [-0.05, 0) is 18.6 Å². The van der Waals surface area contributed by atoms with E-state index in [1.807, 2.05) is 6.92 Å². The van der Waals surface area contributed by atoms with Gasteiger partial charge >= 0.3 is 5.97 Å². The molecule has 2 N–H and O–H groups in total. The van der Waals surface area contributed by atoms with Gasteiger partial charge < -0.3 is 14.9 Å². The van der Waals surface area contributed by atoms with Crippen LogP contribution in [0.2, 0.25) is 0 Å². The van der Waals surface area contributed by atoms with E-state index in [0.717, 1.165) is 12.8 Å². The summed E-state index contributed by atoms with van der Waals surface area (Å²) in [7, 11) is 1.52. The first-order chi connectivity index (χ1) is 7.61. The summed E-state index contributed by atoms with van der Waals surface area (Å²) in [6.45, 7) is 1.98. The Balaban J connectivity index is 0.000000293. The van der Waals surface area contributed by atoms with Crippen LogP contribution in [0.15, 0.2) is 24.3 Å². The Morgan fingerprint density at radius 3 is 2.31 bits per heavy atom. The molecule has 16 heavy (non-hydrogen) atoms. The van der Waals surface area contributed by atoms with Gasteiger partial charge in [0.2, 0.25) is 0 Å². The van der Waals surface area contributed by atoms with E-state index < -0.39 is 5.97 Å². The van der Waals surface area contributed by atoms with E-state index >= 15 is 0 Å². The Morgan fingerprint density at radius 1 is 1.38 bits per heavy atom. The molecule has 1 rings (SSSR count). The molecule has 90 valence electrons. The molecule has 0 fully saturated rings. The van der Waals surface area contributed by atoms with E-state index in [9.17, 15) is 4.79 Å². The summed E-state index contributed by atoms with van der Waals surface area (Å²) < 4.78 is 4.79. The normalized spacial score (nSPS) is 8.88. The average Bonchev–Trinajstić information content (AvgIpc) is 2.28. The number of aromatic hydroxyl groups is 1. The second-order valence-electron chi connectivity index (χ2n) is 3.17. The van der Waals surface area contributed by atoms with Crippen LogP contribution in [-0.2, 0) is 4.79 Å². The second kappa shape index (κ2) is 8.59. The van der Waals surface area contributed by atoms with Gasteiger partial charge in [0.1, 0.15) is 0 Å². The Morgan fingerprint density at radius 2 is 2.00 bits per heavy atom. The first-order valence-electron chi connectivity index (χ1n) is 5.15. The molecule has 0 aliphatic rings. The van der Waals surface area contributed by atoms with Gasteiger partial charge in [-0.1, -0.05) is 25.5 Å². The van der Waals surface area contributed by atoms with Crippen LogP contribution in [0, 0.1) is 0 Å². The van der Waals surface area contributed by atoms with Crippen molar-refractivity contribution < 1.29 is 19.7 Å². The first-order valence-corrected chi connectivity index (χ1v) is 5.15. The number of ether oxygens (including phenoxy) is 1. The van der Waals surface area contributed by atoms with Crippen LogP contribution in [0.25, 0.3) is 0 Å². The van der Waals surface area contributed by atoms with Crippen molar-refractivity contribution in [2.45, 2.75) is 26.2 Å². The zero-order valence-electron chi connectivity index (χ0n) is 9.64. The highest BCUT2D eigenvalue weighted by Crippen LogP contribution is 2.22. The number of rotatable bonds is 4. The van der Waals surface area contributed by atoms with Crippen molar-refractivity contribution in [3.8, 4) is 11.5 Å². The third-order valence-corrected chi connectivity index (χ3v) is 1.83. The number of carbonyl (C=O) groups is 1. The maximum Gasteiger partial charge on any atom is 0.303 e. The van der Waals surface area contributed by atoms with Crippen LogP contribution in [-0.4, -0.2) is 23.3 Å². The highest BCUT2D eigenvalue weighted by atomic mass is 16.5. The van der Waals surface area contributed by atoms with Gasteiger partial charge in [-0.2, -0.15) is 0 Å². The lowest BCUT2D eigenvalue weighted by molar-refractivity contribution is -0.137. The molecular weight excluding hydrogens is 208 g/mol. The molecule has 0 saturated carbocycles. The largest absolute Gasteiger partial charge is 0.504 e. The fraction of sp³-hybridized carbons (Fsp3) is 0.417. The zero-order chi connectivity index (χ0) is 12.4. The van der Waals surface area contributed by atoms with Crippen molar-refractivity contribution in [2.75, 3.05) is 7.11 Å². The number of para-hydroxylation sites is 2. The van der Waals surface area contributed by atoms with E-state index in [2.05, 4.69) is 0 Å². The molecule has 1 aromatic carbocycles. The molecule has 0 aliphatic carbocycles. The van der Waals surface area contributed by atoms with Crippen LogP contribution in [0.5, 0.6) is 11.5 Å². The Labute approximate surface area is 95.5 Å². The highest BCUT2D eigenvalue weighted by Gasteiger charge is 1.94. The highest BCUT2D eigenvalue weighted by molar-refractivity contribution is 5.66. The van der Waals surface area contributed by atoms with E-state index in [0.29, 0.717) is 12.2 Å². The Hall–Kier alpha value is -1.71. The van der Waals surface area contributed by atoms with Crippen LogP contribution >= 0.6 is 0 Å². The molecule has 0 spiro atoms. The third kappa shape index (κ3) is 6.70. The van der Waals surface area contributed by atoms with Crippen LogP contribution < -0.4 is 4.74 Å². The number of phenols is 1. The lowest BCUT2D eigenvalue weighted by Gasteiger charge is -1.99. The minimum atomic E-state index is -0.693. The third-order valence-electron chi connectivity index (χ3n) is 1.83. The molecular formula is C12H18O4. The maximum atomic E-state index is 9.76. The molecule has 0 atom stereocenters. The van der Waals surface area contributed by atoms with Crippen LogP contribution in [0.3, 0.4) is 0 Å². The number of benzene rings is 1. The molecule has 4 nitrogen and oxygen atoms in total. The van der Waals surface area contributed by atoms with E-state index in [-0.39, 0.29) is 5.75 Å². The van der Waals surface area contributed by atoms with Gasteiger partial charge in [-0.3, -0.25) is 4.79 Å².